The number of carboxylic acids is 1. The van der Waals surface area contributed by atoms with Gasteiger partial charge in [0, 0.05) is 10.5 Å². The number of carbonyl (C=O) groups is 3. The van der Waals surface area contributed by atoms with Crippen LogP contribution in [0.3, 0.4) is 0 Å². The van der Waals surface area contributed by atoms with Crippen molar-refractivity contribution in [1.29, 1.82) is 0 Å². The van der Waals surface area contributed by atoms with Crippen molar-refractivity contribution in [2.75, 3.05) is 12.9 Å². The molecule has 0 bridgehead atoms. The molecule has 3 rings (SSSR count). The van der Waals surface area contributed by atoms with Gasteiger partial charge < -0.3 is 9.84 Å². The second kappa shape index (κ2) is 10.7. The third-order valence-corrected chi connectivity index (χ3v) is 7.95. The number of aliphatic carboxylic acids is 1. The number of allylic oxidation sites excluding steroid dienone is 1. The number of benzene rings is 1. The molecule has 3 unspecified atom stereocenters. The van der Waals surface area contributed by atoms with E-state index in [1.54, 1.807) is 12.3 Å². The number of carboxylic acid groups (broad SMARTS) is 1. The summed E-state index contributed by atoms with van der Waals surface area (Å²) in [5.41, 5.74) is 0.702. The van der Waals surface area contributed by atoms with Crippen molar-refractivity contribution in [3.05, 3.63) is 58.2 Å². The van der Waals surface area contributed by atoms with Gasteiger partial charge in [0.05, 0.1) is 11.6 Å². The molecule has 0 saturated carbocycles. The summed E-state index contributed by atoms with van der Waals surface area (Å²) in [6.07, 6.45) is 6.63. The van der Waals surface area contributed by atoms with Gasteiger partial charge >= 0.3 is 5.97 Å². The highest BCUT2D eigenvalue weighted by Crippen LogP contribution is 2.46. The second-order valence-corrected chi connectivity index (χ2v) is 9.86. The summed E-state index contributed by atoms with van der Waals surface area (Å²) >= 11 is 2.37. The van der Waals surface area contributed by atoms with Crippen LogP contribution in [0.4, 0.5) is 0 Å². The second-order valence-electron chi connectivity index (χ2n) is 7.90. The van der Waals surface area contributed by atoms with Gasteiger partial charge in [0.1, 0.15) is 11.0 Å². The lowest BCUT2D eigenvalue weighted by Gasteiger charge is -2.35. The Morgan fingerprint density at radius 1 is 1.25 bits per heavy atom. The molecule has 1 aromatic rings. The average Bonchev–Trinajstić information content (AvgIpc) is 2.91. The van der Waals surface area contributed by atoms with Crippen LogP contribution < -0.4 is 5.32 Å². The molecule has 172 valence electrons. The van der Waals surface area contributed by atoms with Gasteiger partial charge in [-0.05, 0) is 42.5 Å². The largest absolute Gasteiger partial charge is 0.485 e. The van der Waals surface area contributed by atoms with Crippen molar-refractivity contribution < 1.29 is 24.2 Å². The molecule has 1 aliphatic carbocycles. The lowest BCUT2D eigenvalue weighted by atomic mass is 9.85. The van der Waals surface area contributed by atoms with Crippen LogP contribution in [0.25, 0.3) is 0 Å². The van der Waals surface area contributed by atoms with E-state index in [9.17, 15) is 14.4 Å². The SMILES string of the molecule is CCCCC1(CC)NC(c2ccccc2)C2=C(C=C(OCC(=O)O)C(SC)C2=O)SC1=O. The highest BCUT2D eigenvalue weighted by Gasteiger charge is 2.47. The van der Waals surface area contributed by atoms with Crippen LogP contribution in [0, 0.1) is 0 Å². The summed E-state index contributed by atoms with van der Waals surface area (Å²) < 4.78 is 5.47. The van der Waals surface area contributed by atoms with Crippen molar-refractivity contribution in [2.45, 2.75) is 56.4 Å². The number of nitrogens with one attached hydrogen (secondary N) is 1. The number of rotatable bonds is 9. The van der Waals surface area contributed by atoms with Crippen molar-refractivity contribution in [3.8, 4) is 0 Å². The maximum atomic E-state index is 13.7. The molecule has 32 heavy (non-hydrogen) atoms. The number of ether oxygens (including phenoxy) is 1. The van der Waals surface area contributed by atoms with E-state index in [-0.39, 0.29) is 16.7 Å². The Balaban J connectivity index is 2.14. The van der Waals surface area contributed by atoms with Gasteiger partial charge in [0.15, 0.2) is 12.4 Å². The molecule has 2 N–H and O–H groups in total. The normalized spacial score (nSPS) is 25.8. The minimum Gasteiger partial charge on any atom is -0.485 e. The van der Waals surface area contributed by atoms with E-state index in [1.165, 1.54) is 11.8 Å². The van der Waals surface area contributed by atoms with Crippen LogP contribution in [0.1, 0.15) is 51.1 Å². The highest BCUT2D eigenvalue weighted by molar-refractivity contribution is 8.17. The number of hydrogen-bond acceptors (Lipinski definition) is 7. The van der Waals surface area contributed by atoms with Gasteiger partial charge in [-0.25, -0.2) is 4.79 Å². The molecule has 0 fully saturated rings. The molecule has 0 amide bonds. The average molecular weight is 476 g/mol. The molecule has 0 aromatic heterocycles. The summed E-state index contributed by atoms with van der Waals surface area (Å²) in [5, 5.41) is 12.0. The molecule has 1 aromatic carbocycles. The fraction of sp³-hybridized carbons (Fsp3) is 0.458. The third kappa shape index (κ3) is 4.97. The Labute approximate surface area is 197 Å². The summed E-state index contributed by atoms with van der Waals surface area (Å²) in [4.78, 5) is 38.8. The fourth-order valence-corrected chi connectivity index (χ4v) is 6.02. The summed E-state index contributed by atoms with van der Waals surface area (Å²) in [6, 6.07) is 9.25. The van der Waals surface area contributed by atoms with Crippen LogP contribution in [-0.2, 0) is 19.1 Å². The molecule has 1 heterocycles. The molecule has 8 heteroatoms. The molecule has 1 aliphatic heterocycles. The van der Waals surface area contributed by atoms with Crippen molar-refractivity contribution in [2.24, 2.45) is 0 Å². The zero-order valence-electron chi connectivity index (χ0n) is 18.6. The lowest BCUT2D eigenvalue weighted by molar-refractivity contribution is -0.141. The quantitative estimate of drug-likeness (QED) is 0.540. The fourth-order valence-electron chi connectivity index (χ4n) is 4.11. The summed E-state index contributed by atoms with van der Waals surface area (Å²) in [6.45, 7) is 3.56. The Kier molecular flexibility index (Phi) is 8.25. The van der Waals surface area contributed by atoms with Crippen molar-refractivity contribution in [1.82, 2.24) is 5.32 Å². The molecule has 0 saturated heterocycles. The summed E-state index contributed by atoms with van der Waals surface area (Å²) in [7, 11) is 0. The van der Waals surface area contributed by atoms with E-state index >= 15 is 0 Å². The Morgan fingerprint density at radius 2 is 1.97 bits per heavy atom. The van der Waals surface area contributed by atoms with Crippen LogP contribution >= 0.6 is 23.5 Å². The first-order valence-corrected chi connectivity index (χ1v) is 12.9. The zero-order valence-corrected chi connectivity index (χ0v) is 20.2. The van der Waals surface area contributed by atoms with Gasteiger partial charge in [-0.1, -0.05) is 57.0 Å². The van der Waals surface area contributed by atoms with E-state index in [0.717, 1.165) is 30.2 Å². The van der Waals surface area contributed by atoms with E-state index in [2.05, 4.69) is 12.2 Å². The number of ketones is 1. The Morgan fingerprint density at radius 3 is 2.56 bits per heavy atom. The predicted molar refractivity (Wildman–Crippen MR) is 128 cm³/mol. The van der Waals surface area contributed by atoms with Crippen LogP contribution in [0.2, 0.25) is 0 Å². The van der Waals surface area contributed by atoms with E-state index in [1.807, 2.05) is 37.3 Å². The van der Waals surface area contributed by atoms with Crippen LogP contribution in [0.15, 0.2) is 52.6 Å². The first-order chi connectivity index (χ1) is 15.4. The van der Waals surface area contributed by atoms with Crippen LogP contribution in [0.5, 0.6) is 0 Å². The standard InChI is InChI=1S/C24H29NO5S2/c1-4-6-12-24(5-2)23(29)32-17-13-16(30-14-18(26)27)22(31-3)21(28)19(17)20(25-24)15-10-8-7-9-11-15/h7-11,13,20,22,25H,4-6,12,14H2,1-3H3,(H,26,27). The van der Waals surface area contributed by atoms with Gasteiger partial charge in [-0.15, -0.1) is 11.8 Å². The predicted octanol–water partition coefficient (Wildman–Crippen LogP) is 4.48. The number of unbranched alkanes of at least 4 members (excludes halogenated alkanes) is 1. The zero-order chi connectivity index (χ0) is 23.3. The van der Waals surface area contributed by atoms with E-state index in [0.29, 0.717) is 23.3 Å². The number of carbonyl (C=O) groups excluding carboxylic acids is 2. The van der Waals surface area contributed by atoms with Gasteiger partial charge in [-0.2, -0.15) is 0 Å². The van der Waals surface area contributed by atoms with Crippen LogP contribution in [-0.4, -0.2) is 45.6 Å². The van der Waals surface area contributed by atoms with Gasteiger partial charge in [-0.3, -0.25) is 14.9 Å². The molecule has 0 spiro atoms. The highest BCUT2D eigenvalue weighted by atomic mass is 32.2. The third-order valence-electron chi connectivity index (χ3n) is 5.90. The topological polar surface area (TPSA) is 92.7 Å². The smallest absolute Gasteiger partial charge is 0.341 e. The maximum Gasteiger partial charge on any atom is 0.341 e. The maximum absolute atomic E-state index is 13.7. The number of hydrogen-bond donors (Lipinski definition) is 2. The van der Waals surface area contributed by atoms with Crippen molar-refractivity contribution in [3.63, 3.8) is 0 Å². The van der Waals surface area contributed by atoms with E-state index < -0.39 is 29.4 Å². The Hall–Kier alpha value is -2.03. The first-order valence-electron chi connectivity index (χ1n) is 10.8. The lowest BCUT2D eigenvalue weighted by Crippen LogP contribution is -2.52. The monoisotopic (exact) mass is 475 g/mol. The molecular weight excluding hydrogens is 446 g/mol. The molecule has 0 radical (unpaired) electrons. The molecule has 3 atom stereocenters. The van der Waals surface area contributed by atoms with E-state index in [4.69, 9.17) is 9.84 Å². The Bertz CT molecular complexity index is 943. The summed E-state index contributed by atoms with van der Waals surface area (Å²) in [5.74, 6) is -0.983. The molecule has 6 nitrogen and oxygen atoms in total. The number of thioether (sulfide) groups is 2. The molecule has 2 aliphatic rings. The first kappa shape index (κ1) is 24.6. The van der Waals surface area contributed by atoms with Crippen molar-refractivity contribution >= 4 is 40.4 Å². The van der Waals surface area contributed by atoms with Gasteiger partial charge in [0.2, 0.25) is 5.12 Å². The minimum absolute atomic E-state index is 0.0244. The minimum atomic E-state index is -1.11. The number of Topliss-reactive ketones (excluding diaryl/α,β-unsaturated/α-hetero) is 1. The van der Waals surface area contributed by atoms with Gasteiger partial charge in [0.25, 0.3) is 0 Å². The molecular formula is C24H29NO5S2.